The summed E-state index contributed by atoms with van der Waals surface area (Å²) in [5.41, 5.74) is 8.97. The first-order valence-corrected chi connectivity index (χ1v) is 6.37. The number of hydrogen-bond acceptors (Lipinski definition) is 2. The van der Waals surface area contributed by atoms with Crippen LogP contribution in [0, 0.1) is 0 Å². The molecule has 0 amide bonds. The molecule has 0 heterocycles. The average Bonchev–Trinajstić information content (AvgIpc) is 2.40. The molecule has 0 saturated carbocycles. The van der Waals surface area contributed by atoms with Crippen LogP contribution >= 0.6 is 0 Å². The molecule has 1 aromatic rings. The molecule has 0 radical (unpaired) electrons. The van der Waals surface area contributed by atoms with Crippen molar-refractivity contribution in [1.82, 2.24) is 0 Å². The first kappa shape index (κ1) is 12.2. The summed E-state index contributed by atoms with van der Waals surface area (Å²) >= 11 is 0. The zero-order chi connectivity index (χ0) is 12.1. The number of benzene rings is 1. The van der Waals surface area contributed by atoms with Gasteiger partial charge in [-0.1, -0.05) is 23.8 Å². The van der Waals surface area contributed by atoms with Crippen molar-refractivity contribution in [2.24, 2.45) is 5.73 Å². The van der Waals surface area contributed by atoms with Crippen LogP contribution in [0.15, 0.2) is 35.9 Å². The molecule has 2 nitrogen and oxygen atoms in total. The Morgan fingerprint density at radius 1 is 1.24 bits per heavy atom. The lowest BCUT2D eigenvalue weighted by atomic mass is 9.91. The maximum Gasteiger partial charge on any atom is 0.118 e. The molecule has 0 aliphatic heterocycles. The van der Waals surface area contributed by atoms with Gasteiger partial charge in [-0.2, -0.15) is 0 Å². The van der Waals surface area contributed by atoms with E-state index in [-0.39, 0.29) is 6.04 Å². The molecule has 1 aliphatic carbocycles. The van der Waals surface area contributed by atoms with E-state index in [9.17, 15) is 0 Å². The number of hydrogen-bond donors (Lipinski definition) is 1. The second-order valence-corrected chi connectivity index (χ2v) is 4.68. The van der Waals surface area contributed by atoms with E-state index >= 15 is 0 Å². The third kappa shape index (κ3) is 3.34. The van der Waals surface area contributed by atoms with E-state index in [1.807, 2.05) is 12.1 Å². The van der Waals surface area contributed by atoms with Crippen LogP contribution in [0.1, 0.15) is 31.2 Å². The van der Waals surface area contributed by atoms with Gasteiger partial charge in [-0.05, 0) is 49.8 Å². The molecule has 17 heavy (non-hydrogen) atoms. The van der Waals surface area contributed by atoms with E-state index in [4.69, 9.17) is 10.5 Å². The van der Waals surface area contributed by atoms with Gasteiger partial charge in [0.2, 0.25) is 0 Å². The molecule has 2 rings (SSSR count). The minimum atomic E-state index is 0.184. The molecule has 1 unspecified atom stereocenters. The average molecular weight is 231 g/mol. The SMILES string of the molecule is COc1ccc(CC(N)C2=CCCCC2)cc1. The minimum Gasteiger partial charge on any atom is -0.497 e. The Balaban J connectivity index is 1.97. The van der Waals surface area contributed by atoms with E-state index in [0.717, 1.165) is 12.2 Å². The number of ether oxygens (including phenoxy) is 1. The Bertz CT molecular complexity index is 380. The van der Waals surface area contributed by atoms with Gasteiger partial charge in [0.1, 0.15) is 5.75 Å². The lowest BCUT2D eigenvalue weighted by Gasteiger charge is -2.19. The van der Waals surface area contributed by atoms with Crippen LogP contribution in [0.4, 0.5) is 0 Å². The smallest absolute Gasteiger partial charge is 0.118 e. The van der Waals surface area contributed by atoms with Crippen molar-refractivity contribution < 1.29 is 4.74 Å². The highest BCUT2D eigenvalue weighted by molar-refractivity contribution is 5.29. The standard InChI is InChI=1S/C15H21NO/c1-17-14-9-7-12(8-10-14)11-15(16)13-5-3-2-4-6-13/h5,7-10,15H,2-4,6,11,16H2,1H3. The number of rotatable bonds is 4. The zero-order valence-electron chi connectivity index (χ0n) is 10.5. The second-order valence-electron chi connectivity index (χ2n) is 4.68. The van der Waals surface area contributed by atoms with Crippen LogP contribution in [-0.4, -0.2) is 13.2 Å². The quantitative estimate of drug-likeness (QED) is 0.808. The van der Waals surface area contributed by atoms with Crippen LogP contribution in [0.5, 0.6) is 5.75 Å². The molecule has 2 N–H and O–H groups in total. The maximum absolute atomic E-state index is 6.25. The molecule has 2 heteroatoms. The molecule has 92 valence electrons. The van der Waals surface area contributed by atoms with Crippen molar-refractivity contribution in [1.29, 1.82) is 0 Å². The fraction of sp³-hybridized carbons (Fsp3) is 0.467. The van der Waals surface area contributed by atoms with Crippen molar-refractivity contribution >= 4 is 0 Å². The summed E-state index contributed by atoms with van der Waals surface area (Å²) < 4.78 is 5.15. The highest BCUT2D eigenvalue weighted by Crippen LogP contribution is 2.22. The second kappa shape index (κ2) is 5.87. The fourth-order valence-corrected chi connectivity index (χ4v) is 2.35. The van der Waals surface area contributed by atoms with Crippen molar-refractivity contribution in [3.63, 3.8) is 0 Å². The number of nitrogens with two attached hydrogens (primary N) is 1. The van der Waals surface area contributed by atoms with Gasteiger partial charge in [0.15, 0.2) is 0 Å². The first-order valence-electron chi connectivity index (χ1n) is 6.37. The molecular weight excluding hydrogens is 210 g/mol. The Labute approximate surface area is 103 Å². The van der Waals surface area contributed by atoms with Crippen molar-refractivity contribution in [2.45, 2.75) is 38.1 Å². The van der Waals surface area contributed by atoms with Gasteiger partial charge in [-0.15, -0.1) is 0 Å². The van der Waals surface area contributed by atoms with E-state index in [0.29, 0.717) is 0 Å². The van der Waals surface area contributed by atoms with Gasteiger partial charge in [-0.3, -0.25) is 0 Å². The zero-order valence-corrected chi connectivity index (χ0v) is 10.5. The van der Waals surface area contributed by atoms with Gasteiger partial charge < -0.3 is 10.5 Å². The number of allylic oxidation sites excluding steroid dienone is 1. The molecule has 1 aromatic carbocycles. The summed E-state index contributed by atoms with van der Waals surface area (Å²) in [5, 5.41) is 0. The molecule has 1 atom stereocenters. The van der Waals surface area contributed by atoms with E-state index < -0.39 is 0 Å². The van der Waals surface area contributed by atoms with Crippen LogP contribution in [-0.2, 0) is 6.42 Å². The molecule has 0 bridgehead atoms. The summed E-state index contributed by atoms with van der Waals surface area (Å²) in [6, 6.07) is 8.38. The summed E-state index contributed by atoms with van der Waals surface area (Å²) in [4.78, 5) is 0. The van der Waals surface area contributed by atoms with Crippen molar-refractivity contribution in [3.05, 3.63) is 41.5 Å². The molecule has 0 spiro atoms. The lowest BCUT2D eigenvalue weighted by Crippen LogP contribution is -2.26. The van der Waals surface area contributed by atoms with E-state index in [2.05, 4.69) is 18.2 Å². The number of methoxy groups -OCH3 is 1. The highest BCUT2D eigenvalue weighted by atomic mass is 16.5. The monoisotopic (exact) mass is 231 g/mol. The Morgan fingerprint density at radius 3 is 2.59 bits per heavy atom. The van der Waals surface area contributed by atoms with E-state index in [1.165, 1.54) is 36.8 Å². The summed E-state index contributed by atoms with van der Waals surface area (Å²) in [5.74, 6) is 0.902. The molecule has 0 saturated heterocycles. The van der Waals surface area contributed by atoms with Crippen LogP contribution in [0.2, 0.25) is 0 Å². The van der Waals surface area contributed by atoms with E-state index in [1.54, 1.807) is 7.11 Å². The predicted molar refractivity (Wildman–Crippen MR) is 71.2 cm³/mol. The van der Waals surface area contributed by atoms with Crippen LogP contribution in [0.25, 0.3) is 0 Å². The van der Waals surface area contributed by atoms with Crippen molar-refractivity contribution in [2.75, 3.05) is 7.11 Å². The Kier molecular flexibility index (Phi) is 4.21. The molecule has 1 aliphatic rings. The van der Waals surface area contributed by atoms with Gasteiger partial charge in [0.05, 0.1) is 7.11 Å². The Hall–Kier alpha value is -1.28. The van der Waals surface area contributed by atoms with Gasteiger partial charge in [0.25, 0.3) is 0 Å². The van der Waals surface area contributed by atoms with Gasteiger partial charge in [-0.25, -0.2) is 0 Å². The molecular formula is C15H21NO. The maximum atomic E-state index is 6.25. The van der Waals surface area contributed by atoms with Gasteiger partial charge >= 0.3 is 0 Å². The fourth-order valence-electron chi connectivity index (χ4n) is 2.35. The Morgan fingerprint density at radius 2 is 2.00 bits per heavy atom. The summed E-state index contributed by atoms with van der Waals surface area (Å²) in [6.07, 6.45) is 8.25. The highest BCUT2D eigenvalue weighted by Gasteiger charge is 2.12. The molecule has 0 fully saturated rings. The van der Waals surface area contributed by atoms with Crippen LogP contribution < -0.4 is 10.5 Å². The van der Waals surface area contributed by atoms with Crippen molar-refractivity contribution in [3.8, 4) is 5.75 Å². The third-order valence-corrected chi connectivity index (χ3v) is 3.42. The largest absolute Gasteiger partial charge is 0.497 e. The lowest BCUT2D eigenvalue weighted by molar-refractivity contribution is 0.414. The first-order chi connectivity index (χ1) is 8.29. The summed E-state index contributed by atoms with van der Waals surface area (Å²) in [7, 11) is 1.69. The normalized spacial score (nSPS) is 17.4. The van der Waals surface area contributed by atoms with Gasteiger partial charge in [0, 0.05) is 6.04 Å². The summed E-state index contributed by atoms with van der Waals surface area (Å²) in [6.45, 7) is 0. The molecule has 0 aromatic heterocycles. The minimum absolute atomic E-state index is 0.184. The topological polar surface area (TPSA) is 35.2 Å². The third-order valence-electron chi connectivity index (χ3n) is 3.42. The van der Waals surface area contributed by atoms with Crippen LogP contribution in [0.3, 0.4) is 0 Å². The predicted octanol–water partition coefficient (Wildman–Crippen LogP) is 3.07.